The molecule has 0 saturated carbocycles. The topological polar surface area (TPSA) is 86.7 Å². The van der Waals surface area contributed by atoms with Crippen LogP contribution in [0, 0.1) is 12.8 Å². The van der Waals surface area contributed by atoms with Gasteiger partial charge in [-0.2, -0.15) is 0 Å². The van der Waals surface area contributed by atoms with Gasteiger partial charge in [0, 0.05) is 23.7 Å². The number of carbonyl (C=O) groups excluding carboxylic acids is 2. The van der Waals surface area contributed by atoms with E-state index in [0.29, 0.717) is 24.1 Å². The van der Waals surface area contributed by atoms with Gasteiger partial charge in [0.2, 0.25) is 5.91 Å². The number of anilines is 1. The second-order valence-corrected chi connectivity index (χ2v) is 6.76. The van der Waals surface area contributed by atoms with Crippen molar-refractivity contribution in [3.8, 4) is 0 Å². The van der Waals surface area contributed by atoms with Gasteiger partial charge in [0.05, 0.1) is 0 Å². The van der Waals surface area contributed by atoms with E-state index in [1.54, 1.807) is 18.2 Å². The highest BCUT2D eigenvalue weighted by Crippen LogP contribution is 2.20. The highest BCUT2D eigenvalue weighted by Gasteiger charge is 2.23. The fourth-order valence-corrected chi connectivity index (χ4v) is 2.47. The largest absolute Gasteiger partial charge is 0.480 e. The zero-order valence-electron chi connectivity index (χ0n) is 15.6. The summed E-state index contributed by atoms with van der Waals surface area (Å²) in [6.07, 6.45) is 1.10. The molecule has 0 fully saturated rings. The van der Waals surface area contributed by atoms with Gasteiger partial charge >= 0.3 is 5.97 Å². The molecule has 1 aromatic carbocycles. The second-order valence-electron chi connectivity index (χ2n) is 6.76. The maximum atomic E-state index is 12.7. The summed E-state index contributed by atoms with van der Waals surface area (Å²) < 4.78 is 0. The summed E-state index contributed by atoms with van der Waals surface area (Å²) in [5.41, 5.74) is 1.85. The number of rotatable bonds is 8. The van der Waals surface area contributed by atoms with Crippen molar-refractivity contribution in [2.75, 3.05) is 11.9 Å². The number of benzene rings is 1. The van der Waals surface area contributed by atoms with Crippen LogP contribution in [0.25, 0.3) is 0 Å². The molecule has 25 heavy (non-hydrogen) atoms. The van der Waals surface area contributed by atoms with Crippen molar-refractivity contribution in [1.29, 1.82) is 0 Å². The first kappa shape index (κ1) is 20.7. The van der Waals surface area contributed by atoms with Crippen molar-refractivity contribution in [1.82, 2.24) is 4.90 Å². The summed E-state index contributed by atoms with van der Waals surface area (Å²) in [5.74, 6) is -1.16. The smallest absolute Gasteiger partial charge is 0.323 e. The van der Waals surface area contributed by atoms with Crippen LogP contribution in [0.5, 0.6) is 0 Å². The predicted octanol–water partition coefficient (Wildman–Crippen LogP) is 3.30. The lowest BCUT2D eigenvalue weighted by molar-refractivity contribution is -0.138. The average Bonchev–Trinajstić information content (AvgIpc) is 2.52. The Morgan fingerprint density at radius 1 is 1.20 bits per heavy atom. The first-order valence-corrected chi connectivity index (χ1v) is 8.58. The number of hydrogen-bond acceptors (Lipinski definition) is 3. The molecular weight excluding hydrogens is 320 g/mol. The van der Waals surface area contributed by atoms with Gasteiger partial charge in [-0.25, -0.2) is 0 Å². The molecule has 0 aliphatic rings. The number of nitrogens with one attached hydrogen (secondary N) is 1. The van der Waals surface area contributed by atoms with Crippen LogP contribution in [0.15, 0.2) is 18.2 Å². The molecule has 1 aromatic rings. The molecule has 138 valence electrons. The zero-order chi connectivity index (χ0) is 19.1. The van der Waals surface area contributed by atoms with E-state index in [0.717, 1.165) is 5.56 Å². The van der Waals surface area contributed by atoms with E-state index in [-0.39, 0.29) is 30.3 Å². The molecule has 1 rings (SSSR count). The van der Waals surface area contributed by atoms with Crippen molar-refractivity contribution in [2.24, 2.45) is 5.92 Å². The third-order valence-corrected chi connectivity index (χ3v) is 4.03. The van der Waals surface area contributed by atoms with E-state index >= 15 is 0 Å². The molecular formula is C19H28N2O4. The fraction of sp³-hybridized carbons (Fsp3) is 0.526. The molecule has 6 heteroatoms. The number of amides is 2. The van der Waals surface area contributed by atoms with E-state index in [1.165, 1.54) is 4.90 Å². The molecule has 1 atom stereocenters. The maximum Gasteiger partial charge on any atom is 0.323 e. The number of carbonyl (C=O) groups is 3. The standard InChI is InChI=1S/C19H28N2O4/c1-6-14(5)21(11-18(23)24)19(25)15-7-8-16(13(4)10-15)20-17(22)9-12(2)3/h7-8,10,12,14H,6,9,11H2,1-5H3,(H,20,22)(H,23,24). The van der Waals surface area contributed by atoms with Gasteiger partial charge in [0.25, 0.3) is 5.91 Å². The average molecular weight is 348 g/mol. The normalized spacial score (nSPS) is 11.9. The third-order valence-electron chi connectivity index (χ3n) is 4.03. The van der Waals surface area contributed by atoms with Crippen molar-refractivity contribution in [2.45, 2.75) is 53.5 Å². The van der Waals surface area contributed by atoms with Crippen LogP contribution < -0.4 is 5.32 Å². The van der Waals surface area contributed by atoms with Crippen LogP contribution in [0.2, 0.25) is 0 Å². The molecule has 2 N–H and O–H groups in total. The van der Waals surface area contributed by atoms with Crippen LogP contribution in [0.3, 0.4) is 0 Å². The molecule has 0 bridgehead atoms. The van der Waals surface area contributed by atoms with Crippen LogP contribution in [-0.4, -0.2) is 40.4 Å². The summed E-state index contributed by atoms with van der Waals surface area (Å²) in [7, 11) is 0. The quantitative estimate of drug-likeness (QED) is 0.754. The SMILES string of the molecule is CCC(C)N(CC(=O)O)C(=O)c1ccc(NC(=O)CC(C)C)c(C)c1. The Morgan fingerprint density at radius 2 is 1.84 bits per heavy atom. The molecule has 1 unspecified atom stereocenters. The minimum absolute atomic E-state index is 0.0655. The van der Waals surface area contributed by atoms with Crippen molar-refractivity contribution < 1.29 is 19.5 Å². The zero-order valence-corrected chi connectivity index (χ0v) is 15.6. The molecule has 2 amide bonds. The summed E-state index contributed by atoms with van der Waals surface area (Å²) in [6, 6.07) is 4.83. The molecule has 0 aliphatic carbocycles. The minimum Gasteiger partial charge on any atom is -0.480 e. The summed E-state index contributed by atoms with van der Waals surface area (Å²) in [6.45, 7) is 9.16. The van der Waals surface area contributed by atoms with Gasteiger partial charge in [-0.15, -0.1) is 0 Å². The number of carboxylic acid groups (broad SMARTS) is 1. The lowest BCUT2D eigenvalue weighted by Gasteiger charge is -2.27. The van der Waals surface area contributed by atoms with E-state index in [2.05, 4.69) is 5.32 Å². The summed E-state index contributed by atoms with van der Waals surface area (Å²) in [5, 5.41) is 11.9. The Labute approximate surface area is 149 Å². The Morgan fingerprint density at radius 3 is 2.32 bits per heavy atom. The molecule has 0 saturated heterocycles. The summed E-state index contributed by atoms with van der Waals surface area (Å²) in [4.78, 5) is 37.0. The van der Waals surface area contributed by atoms with Crippen molar-refractivity contribution in [3.05, 3.63) is 29.3 Å². The highest BCUT2D eigenvalue weighted by atomic mass is 16.4. The van der Waals surface area contributed by atoms with Crippen molar-refractivity contribution >= 4 is 23.5 Å². The monoisotopic (exact) mass is 348 g/mol. The second kappa shape index (κ2) is 9.20. The first-order chi connectivity index (χ1) is 11.6. The van der Waals surface area contributed by atoms with Crippen LogP contribution in [-0.2, 0) is 9.59 Å². The number of aliphatic carboxylic acids is 1. The predicted molar refractivity (Wildman–Crippen MR) is 97.7 cm³/mol. The molecule has 0 aromatic heterocycles. The Bertz CT molecular complexity index is 640. The number of nitrogens with zero attached hydrogens (tertiary/aromatic N) is 1. The fourth-order valence-electron chi connectivity index (χ4n) is 2.47. The number of hydrogen-bond donors (Lipinski definition) is 2. The van der Waals surface area contributed by atoms with Crippen molar-refractivity contribution in [3.63, 3.8) is 0 Å². The first-order valence-electron chi connectivity index (χ1n) is 8.58. The Kier molecular flexibility index (Phi) is 7.61. The van der Waals surface area contributed by atoms with Crippen LogP contribution in [0.4, 0.5) is 5.69 Å². The number of aryl methyl sites for hydroxylation is 1. The summed E-state index contributed by atoms with van der Waals surface area (Å²) >= 11 is 0. The number of carboxylic acids is 1. The molecule has 0 aliphatic heterocycles. The third kappa shape index (κ3) is 6.21. The molecule has 0 heterocycles. The Hall–Kier alpha value is -2.37. The highest BCUT2D eigenvalue weighted by molar-refractivity contribution is 5.98. The van der Waals surface area contributed by atoms with Gasteiger partial charge in [-0.3, -0.25) is 14.4 Å². The van der Waals surface area contributed by atoms with E-state index in [1.807, 2.05) is 34.6 Å². The van der Waals surface area contributed by atoms with Gasteiger partial charge in [0.1, 0.15) is 6.54 Å². The van der Waals surface area contributed by atoms with Crippen LogP contribution >= 0.6 is 0 Å². The van der Waals surface area contributed by atoms with Gasteiger partial charge in [0.15, 0.2) is 0 Å². The van der Waals surface area contributed by atoms with E-state index < -0.39 is 5.97 Å². The lowest BCUT2D eigenvalue weighted by Crippen LogP contribution is -2.41. The molecule has 6 nitrogen and oxygen atoms in total. The maximum absolute atomic E-state index is 12.7. The van der Waals surface area contributed by atoms with Crippen LogP contribution in [0.1, 0.15) is 56.5 Å². The lowest BCUT2D eigenvalue weighted by atomic mass is 10.1. The minimum atomic E-state index is -1.04. The molecule has 0 radical (unpaired) electrons. The van der Waals surface area contributed by atoms with E-state index in [4.69, 9.17) is 5.11 Å². The Balaban J connectivity index is 2.98. The van der Waals surface area contributed by atoms with E-state index in [9.17, 15) is 14.4 Å². The van der Waals surface area contributed by atoms with Gasteiger partial charge < -0.3 is 15.3 Å². The molecule has 0 spiro atoms. The van der Waals surface area contributed by atoms with Gasteiger partial charge in [-0.05, 0) is 49.9 Å². The van der Waals surface area contributed by atoms with Gasteiger partial charge in [-0.1, -0.05) is 20.8 Å².